The first-order valence-electron chi connectivity index (χ1n) is 22.4. The summed E-state index contributed by atoms with van der Waals surface area (Å²) in [5.41, 5.74) is 12.0. The fraction of sp³-hybridized carbons (Fsp3) is 0.412. The number of ether oxygens (including phenoxy) is 4. The molecule has 364 valence electrons. The number of carbonyl (C=O) groups is 6. The number of fused-ring (bicyclic) bond motifs is 2. The molecule has 4 aliphatic heterocycles. The molecule has 0 radical (unpaired) electrons. The SMILES string of the molecule is C1CCOC1.CC(C)(C)O.COC(=O)CCC(C(N)=O)N1Cc2c(OCc3ccc(CBr)cc3)cccc2C1=O.O=C1CCC(N2Cc3c(OCc4ccc(CBr)cc4)cccc3C2=O)C(=O)N1.[K+]. The Balaban J connectivity index is 0.000000247. The number of primary amides is 1. The molecule has 5 amide bonds. The molecule has 4 aliphatic rings. The zero-order valence-electron chi connectivity index (χ0n) is 39.9. The van der Waals surface area contributed by atoms with E-state index in [1.807, 2.05) is 54.6 Å². The van der Waals surface area contributed by atoms with Crippen LogP contribution >= 0.6 is 31.9 Å². The Kier molecular flexibility index (Phi) is 23.5. The van der Waals surface area contributed by atoms with Crippen molar-refractivity contribution in [2.45, 2.75) is 114 Å². The minimum absolute atomic E-state index is 0. The van der Waals surface area contributed by atoms with Crippen LogP contribution in [-0.4, -0.2) is 88.4 Å². The van der Waals surface area contributed by atoms with E-state index in [0.717, 1.165) is 40.6 Å². The summed E-state index contributed by atoms with van der Waals surface area (Å²) in [7, 11) is 1.27. The van der Waals surface area contributed by atoms with E-state index in [2.05, 4.69) is 41.9 Å². The summed E-state index contributed by atoms with van der Waals surface area (Å²) in [5, 5.41) is 12.4. The Labute approximate surface area is 463 Å². The second-order valence-electron chi connectivity index (χ2n) is 17.4. The number of hydrogen-bond donors (Lipinski definition) is 3. The molecule has 0 bridgehead atoms. The number of benzene rings is 4. The van der Waals surface area contributed by atoms with Crippen LogP contribution in [-0.2, 0) is 65.6 Å². The van der Waals surface area contributed by atoms with Crippen LogP contribution in [0.2, 0.25) is 0 Å². The van der Waals surface area contributed by atoms with Crippen LogP contribution in [0.1, 0.15) is 113 Å². The molecule has 2 saturated heterocycles. The van der Waals surface area contributed by atoms with Gasteiger partial charge in [-0.3, -0.25) is 34.1 Å². The van der Waals surface area contributed by atoms with Crippen molar-refractivity contribution < 1.29 is 104 Å². The van der Waals surface area contributed by atoms with Gasteiger partial charge in [-0.15, -0.1) is 0 Å². The number of rotatable bonds is 14. The number of alkyl halides is 2. The molecule has 0 aliphatic carbocycles. The average molecular weight is 1100 g/mol. The number of halogens is 2. The maximum atomic E-state index is 12.9. The number of nitrogens with two attached hydrogens (primary N) is 1. The molecule has 0 aromatic heterocycles. The number of hydrogen-bond acceptors (Lipinski definition) is 11. The number of methoxy groups -OCH3 is 1. The van der Waals surface area contributed by atoms with E-state index in [9.17, 15) is 28.8 Å². The van der Waals surface area contributed by atoms with Gasteiger partial charge in [0, 0.05) is 59.0 Å². The van der Waals surface area contributed by atoms with Gasteiger partial charge in [0.25, 0.3) is 11.8 Å². The third kappa shape index (κ3) is 17.4. The summed E-state index contributed by atoms with van der Waals surface area (Å²) in [4.78, 5) is 75.7. The number of piperidine rings is 1. The molecule has 2 atom stereocenters. The topological polar surface area (TPSA) is 204 Å². The first-order valence-corrected chi connectivity index (χ1v) is 24.6. The average Bonchev–Trinajstić information content (AvgIpc) is 4.09. The van der Waals surface area contributed by atoms with Crippen LogP contribution in [0.5, 0.6) is 11.5 Å². The van der Waals surface area contributed by atoms with E-state index in [0.29, 0.717) is 54.4 Å². The summed E-state index contributed by atoms with van der Waals surface area (Å²) in [5.74, 6) is -1.08. The van der Waals surface area contributed by atoms with Crippen molar-refractivity contribution in [3.8, 4) is 11.5 Å². The van der Waals surface area contributed by atoms with Crippen molar-refractivity contribution in [2.24, 2.45) is 5.73 Å². The van der Waals surface area contributed by atoms with Gasteiger partial charge in [-0.25, -0.2) is 0 Å². The van der Waals surface area contributed by atoms with E-state index < -0.39 is 35.5 Å². The maximum absolute atomic E-state index is 12.9. The fourth-order valence-electron chi connectivity index (χ4n) is 7.50. The third-order valence-corrected chi connectivity index (χ3v) is 12.3. The third-order valence-electron chi connectivity index (χ3n) is 11.0. The number of imide groups is 1. The van der Waals surface area contributed by atoms with Gasteiger partial charge >= 0.3 is 57.4 Å². The number of nitrogens with one attached hydrogen (secondary N) is 1. The van der Waals surface area contributed by atoms with Crippen LogP contribution in [0.4, 0.5) is 0 Å². The smallest absolute Gasteiger partial charge is 0.489 e. The van der Waals surface area contributed by atoms with Gasteiger partial charge in [0.1, 0.15) is 36.8 Å². The van der Waals surface area contributed by atoms with E-state index in [1.165, 1.54) is 40.9 Å². The number of esters is 1. The number of nitrogens with zero attached hydrogens (tertiary/aromatic N) is 2. The number of amides is 5. The van der Waals surface area contributed by atoms with Crippen LogP contribution in [0.15, 0.2) is 84.9 Å². The molecule has 15 nitrogen and oxygen atoms in total. The van der Waals surface area contributed by atoms with Crippen molar-refractivity contribution in [3.05, 3.63) is 129 Å². The van der Waals surface area contributed by atoms with Crippen LogP contribution in [0.25, 0.3) is 0 Å². The number of aliphatic hydroxyl groups is 1. The minimum Gasteiger partial charge on any atom is -0.489 e. The van der Waals surface area contributed by atoms with Gasteiger partial charge in [0.2, 0.25) is 17.7 Å². The first kappa shape index (κ1) is 57.6. The number of carbonyl (C=O) groups excluding carboxylic acids is 6. The van der Waals surface area contributed by atoms with Crippen molar-refractivity contribution >= 4 is 67.4 Å². The molecule has 2 fully saturated rings. The van der Waals surface area contributed by atoms with Gasteiger partial charge in [-0.1, -0.05) is 92.5 Å². The molecule has 0 spiro atoms. The molecule has 69 heavy (non-hydrogen) atoms. The second kappa shape index (κ2) is 28.2. The van der Waals surface area contributed by atoms with Crippen LogP contribution in [0.3, 0.4) is 0 Å². The predicted octanol–water partition coefficient (Wildman–Crippen LogP) is 4.42. The van der Waals surface area contributed by atoms with E-state index in [-0.39, 0.29) is 94.9 Å². The van der Waals surface area contributed by atoms with Gasteiger partial charge in [0.15, 0.2) is 0 Å². The van der Waals surface area contributed by atoms with Crippen molar-refractivity contribution in [2.75, 3.05) is 20.3 Å². The Bertz CT molecular complexity index is 2380. The van der Waals surface area contributed by atoms with Crippen LogP contribution < -0.4 is 71.9 Å². The summed E-state index contributed by atoms with van der Waals surface area (Å²) in [6.07, 6.45) is 3.25. The second-order valence-corrected chi connectivity index (χ2v) is 18.5. The summed E-state index contributed by atoms with van der Waals surface area (Å²) < 4.78 is 21.5. The molecular formula is C51H60Br2KN4O11+. The predicted molar refractivity (Wildman–Crippen MR) is 262 cm³/mol. The molecule has 2 unspecified atom stereocenters. The monoisotopic (exact) mass is 1100 g/mol. The van der Waals surface area contributed by atoms with Gasteiger partial charge in [0.05, 0.1) is 25.8 Å². The normalized spacial score (nSPS) is 16.2. The van der Waals surface area contributed by atoms with Gasteiger partial charge in [-0.05, 0) is 93.0 Å². The summed E-state index contributed by atoms with van der Waals surface area (Å²) in [6.45, 7) is 8.48. The molecular weight excluding hydrogens is 1040 g/mol. The van der Waals surface area contributed by atoms with Gasteiger partial charge < -0.3 is 39.6 Å². The molecule has 4 aromatic carbocycles. The van der Waals surface area contributed by atoms with E-state index in [4.69, 9.17) is 25.1 Å². The van der Waals surface area contributed by atoms with Crippen LogP contribution in [0, 0.1) is 0 Å². The Morgan fingerprint density at radius 3 is 1.70 bits per heavy atom. The molecule has 18 heteroatoms. The zero-order valence-corrected chi connectivity index (χ0v) is 46.2. The van der Waals surface area contributed by atoms with Crippen molar-refractivity contribution in [3.63, 3.8) is 0 Å². The first-order chi connectivity index (χ1) is 32.5. The van der Waals surface area contributed by atoms with Gasteiger partial charge in [-0.2, -0.15) is 0 Å². The van der Waals surface area contributed by atoms with Crippen molar-refractivity contribution in [1.82, 2.24) is 15.1 Å². The largest absolute Gasteiger partial charge is 1.00 e. The minimum atomic E-state index is -0.895. The fourth-order valence-corrected chi connectivity index (χ4v) is 8.24. The Morgan fingerprint density at radius 2 is 1.26 bits per heavy atom. The molecule has 4 heterocycles. The molecule has 0 saturated carbocycles. The molecule has 8 rings (SSSR count). The Morgan fingerprint density at radius 1 is 0.783 bits per heavy atom. The summed E-state index contributed by atoms with van der Waals surface area (Å²) >= 11 is 6.85. The van der Waals surface area contributed by atoms with E-state index in [1.54, 1.807) is 51.1 Å². The molecule has 4 aromatic rings. The zero-order chi connectivity index (χ0) is 49.4. The molecule has 4 N–H and O–H groups in total. The van der Waals surface area contributed by atoms with Crippen molar-refractivity contribution in [1.29, 1.82) is 0 Å². The Hall–Kier alpha value is -3.98. The summed E-state index contributed by atoms with van der Waals surface area (Å²) in [6, 6.07) is 25.2. The van der Waals surface area contributed by atoms with E-state index >= 15 is 0 Å². The standard InChI is InChI=1S/C22H23BrN2O5.C21H19BrN2O4.C4H8O.C4H10O.K/c1-29-20(26)10-9-18(21(24)27)25-12-17-16(22(25)28)3-2-4-19(17)30-13-15-7-5-14(11-23)6-8-15;22-10-13-4-6-14(7-5-13)12-28-18-3-1-2-15-16(18)11-24(21(15)27)17-8-9-19(25)23-20(17)26;1-2-4-5-3-1;1-4(2,3)5;/h2-8,18H,9-13H2,1H3,(H2,24,27);1-7,17H,8-12H2,(H,23,25,26);1-4H2;5H,1-3H3;/q;;;;+1. The maximum Gasteiger partial charge on any atom is 1.00 e. The quantitative estimate of drug-likeness (QED) is 0.0698.